The summed E-state index contributed by atoms with van der Waals surface area (Å²) in [6.07, 6.45) is 1.46. The second-order valence-corrected chi connectivity index (χ2v) is 8.49. The quantitative estimate of drug-likeness (QED) is 0.872. The number of benzene rings is 1. The number of carbonyl (C=O) groups is 1. The van der Waals surface area contributed by atoms with Gasteiger partial charge >= 0.3 is 5.97 Å². The summed E-state index contributed by atoms with van der Waals surface area (Å²) < 4.78 is 27.0. The molecule has 1 atom stereocenters. The molecular formula is C16H23NO4S. The molecule has 22 heavy (non-hydrogen) atoms. The molecule has 1 fully saturated rings. The van der Waals surface area contributed by atoms with E-state index in [4.69, 9.17) is 5.11 Å². The van der Waals surface area contributed by atoms with Gasteiger partial charge in [0.25, 0.3) is 0 Å². The maximum Gasteiger partial charge on any atom is 0.303 e. The van der Waals surface area contributed by atoms with Gasteiger partial charge in [0.2, 0.25) is 10.0 Å². The summed E-state index contributed by atoms with van der Waals surface area (Å²) >= 11 is 0. The first-order valence-electron chi connectivity index (χ1n) is 7.48. The van der Waals surface area contributed by atoms with Gasteiger partial charge in [-0.2, -0.15) is 4.31 Å². The lowest BCUT2D eigenvalue weighted by atomic mass is 9.80. The fourth-order valence-electron chi connectivity index (χ4n) is 3.23. The van der Waals surface area contributed by atoms with E-state index >= 15 is 0 Å². The van der Waals surface area contributed by atoms with Crippen LogP contribution in [0.2, 0.25) is 0 Å². The molecule has 1 aliphatic heterocycles. The minimum Gasteiger partial charge on any atom is -0.481 e. The van der Waals surface area contributed by atoms with Crippen molar-refractivity contribution in [2.75, 3.05) is 6.54 Å². The Morgan fingerprint density at radius 1 is 1.32 bits per heavy atom. The molecule has 1 aliphatic rings. The molecule has 6 heteroatoms. The van der Waals surface area contributed by atoms with E-state index in [9.17, 15) is 13.2 Å². The van der Waals surface area contributed by atoms with Crippen molar-refractivity contribution in [1.82, 2.24) is 4.31 Å². The van der Waals surface area contributed by atoms with Gasteiger partial charge in [0, 0.05) is 12.6 Å². The Bertz CT molecular complexity index is 625. The summed E-state index contributed by atoms with van der Waals surface area (Å²) in [6.45, 7) is 4.15. The molecule has 1 unspecified atom stereocenters. The van der Waals surface area contributed by atoms with Crippen LogP contribution in [0.3, 0.4) is 0 Å². The number of hydrogen-bond acceptors (Lipinski definition) is 3. The van der Waals surface area contributed by atoms with E-state index < -0.39 is 21.4 Å². The molecule has 1 heterocycles. The van der Waals surface area contributed by atoms with Gasteiger partial charge in [-0.25, -0.2) is 8.42 Å². The van der Waals surface area contributed by atoms with Crippen LogP contribution in [0.15, 0.2) is 30.3 Å². The fraction of sp³-hybridized carbons (Fsp3) is 0.562. The van der Waals surface area contributed by atoms with Gasteiger partial charge in [-0.1, -0.05) is 44.2 Å². The molecule has 2 rings (SSSR count). The van der Waals surface area contributed by atoms with Crippen LogP contribution in [-0.4, -0.2) is 36.4 Å². The third-order valence-corrected chi connectivity index (χ3v) is 6.11. The van der Waals surface area contributed by atoms with Gasteiger partial charge in [-0.15, -0.1) is 0 Å². The molecule has 1 saturated heterocycles. The molecule has 0 aromatic heterocycles. The third-order valence-electron chi connectivity index (χ3n) is 4.26. The summed E-state index contributed by atoms with van der Waals surface area (Å²) in [5.74, 6) is -0.926. The highest BCUT2D eigenvalue weighted by atomic mass is 32.2. The molecular weight excluding hydrogens is 302 g/mol. The summed E-state index contributed by atoms with van der Waals surface area (Å²) in [5.41, 5.74) is 0.177. The van der Waals surface area contributed by atoms with Crippen LogP contribution in [0.4, 0.5) is 0 Å². The Hall–Kier alpha value is -1.40. The van der Waals surface area contributed by atoms with E-state index in [1.807, 2.05) is 32.0 Å². The van der Waals surface area contributed by atoms with Gasteiger partial charge in [0.1, 0.15) is 0 Å². The van der Waals surface area contributed by atoms with Crippen LogP contribution in [0.1, 0.15) is 38.7 Å². The first-order valence-corrected chi connectivity index (χ1v) is 9.08. The largest absolute Gasteiger partial charge is 0.481 e. The fourth-order valence-corrected chi connectivity index (χ4v) is 5.19. The average Bonchev–Trinajstić information content (AvgIpc) is 2.88. The second-order valence-electron chi connectivity index (χ2n) is 6.57. The minimum atomic E-state index is -3.44. The molecule has 5 nitrogen and oxygen atoms in total. The minimum absolute atomic E-state index is 0.0327. The Kier molecular flexibility index (Phi) is 4.92. The SMILES string of the molecule is CC(C)(CC(=O)O)C1CCCN1S(=O)(=O)Cc1ccccc1. The van der Waals surface area contributed by atoms with E-state index in [1.54, 1.807) is 12.1 Å². The number of carboxylic acid groups (broad SMARTS) is 1. The Balaban J connectivity index is 2.20. The number of aliphatic carboxylic acids is 1. The van der Waals surface area contributed by atoms with Crippen LogP contribution >= 0.6 is 0 Å². The Labute approximate surface area is 132 Å². The average molecular weight is 325 g/mol. The predicted octanol–water partition coefficient (Wildman–Crippen LogP) is 2.48. The van der Waals surface area contributed by atoms with Crippen LogP contribution in [0.5, 0.6) is 0 Å². The zero-order chi connectivity index (χ0) is 16.4. The van der Waals surface area contributed by atoms with Crippen molar-refractivity contribution in [3.05, 3.63) is 35.9 Å². The maximum absolute atomic E-state index is 12.7. The van der Waals surface area contributed by atoms with Crippen LogP contribution in [0, 0.1) is 5.41 Å². The smallest absolute Gasteiger partial charge is 0.303 e. The van der Waals surface area contributed by atoms with Crippen molar-refractivity contribution < 1.29 is 18.3 Å². The standard InChI is InChI=1S/C16H23NO4S/c1-16(2,11-15(18)19)14-9-6-10-17(14)22(20,21)12-13-7-4-3-5-8-13/h3-5,7-8,14H,6,9-12H2,1-2H3,(H,18,19). The highest BCUT2D eigenvalue weighted by molar-refractivity contribution is 7.88. The van der Waals surface area contributed by atoms with Crippen molar-refractivity contribution in [2.24, 2.45) is 5.41 Å². The van der Waals surface area contributed by atoms with Crippen molar-refractivity contribution in [1.29, 1.82) is 0 Å². The summed E-state index contributed by atoms with van der Waals surface area (Å²) in [5, 5.41) is 9.07. The van der Waals surface area contributed by atoms with E-state index in [0.29, 0.717) is 13.0 Å². The van der Waals surface area contributed by atoms with Gasteiger partial charge in [-0.05, 0) is 23.8 Å². The molecule has 122 valence electrons. The number of carboxylic acids is 1. The van der Waals surface area contributed by atoms with Crippen molar-refractivity contribution in [3.63, 3.8) is 0 Å². The predicted molar refractivity (Wildman–Crippen MR) is 84.8 cm³/mol. The number of rotatable bonds is 6. The highest BCUT2D eigenvalue weighted by Crippen LogP contribution is 2.38. The molecule has 0 saturated carbocycles. The lowest BCUT2D eigenvalue weighted by Crippen LogP contribution is -2.45. The van der Waals surface area contributed by atoms with Crippen LogP contribution in [-0.2, 0) is 20.6 Å². The number of sulfonamides is 1. The Morgan fingerprint density at radius 3 is 2.55 bits per heavy atom. The first kappa shape index (κ1) is 17.0. The van der Waals surface area contributed by atoms with Crippen molar-refractivity contribution in [3.8, 4) is 0 Å². The molecule has 0 spiro atoms. The molecule has 1 aromatic rings. The van der Waals surface area contributed by atoms with E-state index in [0.717, 1.165) is 12.0 Å². The van der Waals surface area contributed by atoms with E-state index in [2.05, 4.69) is 0 Å². The monoisotopic (exact) mass is 325 g/mol. The molecule has 0 bridgehead atoms. The summed E-state index contributed by atoms with van der Waals surface area (Å²) in [6, 6.07) is 8.83. The topological polar surface area (TPSA) is 74.7 Å². The molecule has 0 aliphatic carbocycles. The van der Waals surface area contributed by atoms with Crippen LogP contribution in [0.25, 0.3) is 0 Å². The maximum atomic E-state index is 12.7. The molecule has 1 aromatic carbocycles. The van der Waals surface area contributed by atoms with E-state index in [-0.39, 0.29) is 18.2 Å². The lowest BCUT2D eigenvalue weighted by Gasteiger charge is -2.36. The number of nitrogens with zero attached hydrogens (tertiary/aromatic N) is 1. The lowest BCUT2D eigenvalue weighted by molar-refractivity contribution is -0.139. The molecule has 1 N–H and O–H groups in total. The highest BCUT2D eigenvalue weighted by Gasteiger charge is 2.43. The summed E-state index contributed by atoms with van der Waals surface area (Å²) in [4.78, 5) is 11.1. The van der Waals surface area contributed by atoms with Crippen LogP contribution < -0.4 is 0 Å². The van der Waals surface area contributed by atoms with Gasteiger partial charge in [-0.3, -0.25) is 4.79 Å². The summed E-state index contributed by atoms with van der Waals surface area (Å²) in [7, 11) is -3.44. The van der Waals surface area contributed by atoms with Gasteiger partial charge in [0.05, 0.1) is 12.2 Å². The van der Waals surface area contributed by atoms with E-state index in [1.165, 1.54) is 4.31 Å². The number of hydrogen-bond donors (Lipinski definition) is 1. The second kappa shape index (κ2) is 6.38. The first-order chi connectivity index (χ1) is 10.2. The molecule has 0 amide bonds. The van der Waals surface area contributed by atoms with Gasteiger partial charge in [0.15, 0.2) is 0 Å². The van der Waals surface area contributed by atoms with Crippen molar-refractivity contribution >= 4 is 16.0 Å². The van der Waals surface area contributed by atoms with Crippen molar-refractivity contribution in [2.45, 2.75) is 44.9 Å². The third kappa shape index (κ3) is 3.87. The Morgan fingerprint density at radius 2 is 1.95 bits per heavy atom. The molecule has 0 radical (unpaired) electrons. The zero-order valence-electron chi connectivity index (χ0n) is 13.0. The van der Waals surface area contributed by atoms with Gasteiger partial charge < -0.3 is 5.11 Å². The zero-order valence-corrected chi connectivity index (χ0v) is 13.8. The normalized spacial score (nSPS) is 20.2.